The van der Waals surface area contributed by atoms with Gasteiger partial charge in [0.2, 0.25) is 0 Å². The molecule has 0 bridgehead atoms. The summed E-state index contributed by atoms with van der Waals surface area (Å²) in [6.45, 7) is 1.21. The fourth-order valence-electron chi connectivity index (χ4n) is 2.48. The Kier molecular flexibility index (Phi) is 3.80. The standard InChI is InChI=1S/C13H18N2O4/c1-18-11-5-10(14)9-6-15(7-12(16)17)4-3-8(9)13(11)19-2/h5H,3-4,6-7,14H2,1-2H3,(H,16,17). The Morgan fingerprint density at radius 2 is 2.16 bits per heavy atom. The van der Waals surface area contributed by atoms with E-state index in [2.05, 4.69) is 0 Å². The Bertz CT molecular complexity index is 502. The lowest BCUT2D eigenvalue weighted by Gasteiger charge is -2.30. The number of carboxylic acid groups (broad SMARTS) is 1. The Morgan fingerprint density at radius 1 is 1.42 bits per heavy atom. The number of carboxylic acids is 1. The van der Waals surface area contributed by atoms with Crippen LogP contribution in [-0.4, -0.2) is 43.3 Å². The maximum Gasteiger partial charge on any atom is 0.317 e. The van der Waals surface area contributed by atoms with Crippen LogP contribution in [0, 0.1) is 0 Å². The van der Waals surface area contributed by atoms with Crippen LogP contribution < -0.4 is 15.2 Å². The van der Waals surface area contributed by atoms with Crippen molar-refractivity contribution in [3.05, 3.63) is 17.2 Å². The van der Waals surface area contributed by atoms with Crippen molar-refractivity contribution in [1.82, 2.24) is 4.90 Å². The van der Waals surface area contributed by atoms with Gasteiger partial charge >= 0.3 is 5.97 Å². The van der Waals surface area contributed by atoms with E-state index in [1.165, 1.54) is 0 Å². The van der Waals surface area contributed by atoms with Crippen LogP contribution in [0.1, 0.15) is 11.1 Å². The molecule has 1 aliphatic heterocycles. The number of anilines is 1. The van der Waals surface area contributed by atoms with Crippen molar-refractivity contribution in [3.63, 3.8) is 0 Å². The number of benzene rings is 1. The number of nitrogens with zero attached hydrogens (tertiary/aromatic N) is 1. The van der Waals surface area contributed by atoms with Crippen LogP contribution in [0.4, 0.5) is 5.69 Å². The van der Waals surface area contributed by atoms with E-state index in [1.54, 1.807) is 20.3 Å². The SMILES string of the molecule is COc1cc(N)c2c(c1OC)CCN(CC(=O)O)C2. The van der Waals surface area contributed by atoms with Crippen LogP contribution >= 0.6 is 0 Å². The molecule has 0 aliphatic carbocycles. The van der Waals surface area contributed by atoms with E-state index in [1.807, 2.05) is 4.90 Å². The number of aliphatic carboxylic acids is 1. The van der Waals surface area contributed by atoms with Gasteiger partial charge in [-0.05, 0) is 12.0 Å². The number of hydrogen-bond donors (Lipinski definition) is 2. The number of hydrogen-bond acceptors (Lipinski definition) is 5. The highest BCUT2D eigenvalue weighted by Crippen LogP contribution is 2.39. The van der Waals surface area contributed by atoms with Gasteiger partial charge in [-0.3, -0.25) is 9.69 Å². The second-order valence-corrected chi connectivity index (χ2v) is 4.51. The molecule has 0 spiro atoms. The van der Waals surface area contributed by atoms with Gasteiger partial charge < -0.3 is 20.3 Å². The van der Waals surface area contributed by atoms with Crippen LogP contribution in [0.3, 0.4) is 0 Å². The predicted molar refractivity (Wildman–Crippen MR) is 70.6 cm³/mol. The van der Waals surface area contributed by atoms with E-state index in [4.69, 9.17) is 20.3 Å². The Labute approximate surface area is 111 Å². The molecule has 104 valence electrons. The highest BCUT2D eigenvalue weighted by atomic mass is 16.5. The van der Waals surface area contributed by atoms with Gasteiger partial charge in [-0.1, -0.05) is 0 Å². The highest BCUT2D eigenvalue weighted by Gasteiger charge is 2.25. The summed E-state index contributed by atoms with van der Waals surface area (Å²) in [4.78, 5) is 12.6. The molecule has 6 nitrogen and oxygen atoms in total. The van der Waals surface area contributed by atoms with Crippen LogP contribution in [0.15, 0.2) is 6.07 Å². The Balaban J connectivity index is 2.37. The fraction of sp³-hybridized carbons (Fsp3) is 0.462. The van der Waals surface area contributed by atoms with Crippen LogP contribution in [0.25, 0.3) is 0 Å². The first-order valence-corrected chi connectivity index (χ1v) is 6.03. The lowest BCUT2D eigenvalue weighted by Crippen LogP contribution is -2.35. The van der Waals surface area contributed by atoms with E-state index in [-0.39, 0.29) is 6.54 Å². The van der Waals surface area contributed by atoms with Gasteiger partial charge in [0.25, 0.3) is 0 Å². The third kappa shape index (κ3) is 2.58. The summed E-state index contributed by atoms with van der Waals surface area (Å²) in [5.41, 5.74) is 8.59. The summed E-state index contributed by atoms with van der Waals surface area (Å²) in [7, 11) is 3.17. The number of carbonyl (C=O) groups is 1. The molecule has 0 saturated carbocycles. The third-order valence-electron chi connectivity index (χ3n) is 3.34. The van der Waals surface area contributed by atoms with Gasteiger partial charge in [-0.25, -0.2) is 0 Å². The normalized spacial score (nSPS) is 14.8. The molecule has 1 heterocycles. The molecule has 0 amide bonds. The number of methoxy groups -OCH3 is 2. The molecule has 0 atom stereocenters. The monoisotopic (exact) mass is 266 g/mol. The van der Waals surface area contributed by atoms with E-state index >= 15 is 0 Å². The average molecular weight is 266 g/mol. The number of rotatable bonds is 4. The molecule has 3 N–H and O–H groups in total. The lowest BCUT2D eigenvalue weighted by atomic mass is 9.96. The molecular formula is C13H18N2O4. The average Bonchev–Trinajstić information content (AvgIpc) is 2.38. The largest absolute Gasteiger partial charge is 0.493 e. The molecule has 0 fully saturated rings. The third-order valence-corrected chi connectivity index (χ3v) is 3.34. The van der Waals surface area contributed by atoms with Crippen molar-refractivity contribution in [2.45, 2.75) is 13.0 Å². The van der Waals surface area contributed by atoms with Gasteiger partial charge in [0.1, 0.15) is 0 Å². The van der Waals surface area contributed by atoms with Crippen molar-refractivity contribution in [2.24, 2.45) is 0 Å². The number of nitrogens with two attached hydrogens (primary N) is 1. The maximum absolute atomic E-state index is 10.8. The Morgan fingerprint density at radius 3 is 2.74 bits per heavy atom. The predicted octanol–water partition coefficient (Wildman–Crippen LogP) is 0.729. The summed E-state index contributed by atoms with van der Waals surface area (Å²) in [6.07, 6.45) is 0.702. The quantitative estimate of drug-likeness (QED) is 0.781. The first kappa shape index (κ1) is 13.5. The summed E-state index contributed by atoms with van der Waals surface area (Å²) in [5.74, 6) is 0.481. The zero-order chi connectivity index (χ0) is 14.0. The second-order valence-electron chi connectivity index (χ2n) is 4.51. The van der Waals surface area contributed by atoms with E-state index in [0.29, 0.717) is 36.7 Å². The number of ether oxygens (including phenoxy) is 2. The summed E-state index contributed by atoms with van der Waals surface area (Å²) in [6, 6.07) is 1.72. The molecule has 2 rings (SSSR count). The maximum atomic E-state index is 10.8. The van der Waals surface area contributed by atoms with Crippen molar-refractivity contribution in [1.29, 1.82) is 0 Å². The van der Waals surface area contributed by atoms with Crippen LogP contribution in [-0.2, 0) is 17.8 Å². The first-order chi connectivity index (χ1) is 9.06. The second kappa shape index (κ2) is 5.36. The number of fused-ring (bicyclic) bond motifs is 1. The fourth-order valence-corrected chi connectivity index (χ4v) is 2.48. The molecule has 6 heteroatoms. The highest BCUT2D eigenvalue weighted by molar-refractivity contribution is 5.69. The summed E-state index contributed by atoms with van der Waals surface area (Å²) < 4.78 is 10.7. The van der Waals surface area contributed by atoms with Crippen molar-refractivity contribution in [2.75, 3.05) is 33.0 Å². The molecule has 0 unspecified atom stereocenters. The van der Waals surface area contributed by atoms with Crippen molar-refractivity contribution >= 4 is 11.7 Å². The van der Waals surface area contributed by atoms with E-state index in [9.17, 15) is 4.79 Å². The minimum atomic E-state index is -0.831. The van der Waals surface area contributed by atoms with Gasteiger partial charge in [-0.15, -0.1) is 0 Å². The molecule has 1 aromatic rings. The van der Waals surface area contributed by atoms with Gasteiger partial charge in [-0.2, -0.15) is 0 Å². The molecule has 1 aromatic carbocycles. The number of nitrogen functional groups attached to an aromatic ring is 1. The first-order valence-electron chi connectivity index (χ1n) is 6.03. The molecule has 0 aromatic heterocycles. The molecule has 1 aliphatic rings. The summed E-state index contributed by atoms with van der Waals surface area (Å²) >= 11 is 0. The molecule has 0 saturated heterocycles. The lowest BCUT2D eigenvalue weighted by molar-refractivity contribution is -0.138. The molecule has 0 radical (unpaired) electrons. The van der Waals surface area contributed by atoms with Gasteiger partial charge in [0.15, 0.2) is 11.5 Å². The van der Waals surface area contributed by atoms with Crippen LogP contribution in [0.2, 0.25) is 0 Å². The Hall–Kier alpha value is -1.95. The zero-order valence-electron chi connectivity index (χ0n) is 11.1. The zero-order valence-corrected chi connectivity index (χ0v) is 11.1. The van der Waals surface area contributed by atoms with E-state index in [0.717, 1.165) is 11.1 Å². The smallest absolute Gasteiger partial charge is 0.317 e. The van der Waals surface area contributed by atoms with Crippen molar-refractivity contribution < 1.29 is 19.4 Å². The van der Waals surface area contributed by atoms with E-state index < -0.39 is 5.97 Å². The van der Waals surface area contributed by atoms with Gasteiger partial charge in [0, 0.05) is 30.4 Å². The van der Waals surface area contributed by atoms with Crippen molar-refractivity contribution in [3.8, 4) is 11.5 Å². The minimum absolute atomic E-state index is 0.0211. The summed E-state index contributed by atoms with van der Waals surface area (Å²) in [5, 5.41) is 8.85. The topological polar surface area (TPSA) is 85.0 Å². The van der Waals surface area contributed by atoms with Gasteiger partial charge in [0.05, 0.1) is 20.8 Å². The minimum Gasteiger partial charge on any atom is -0.493 e. The van der Waals surface area contributed by atoms with Crippen LogP contribution in [0.5, 0.6) is 11.5 Å². The molecular weight excluding hydrogens is 248 g/mol. The molecule has 19 heavy (non-hydrogen) atoms.